The van der Waals surface area contributed by atoms with Crippen LogP contribution in [0.5, 0.6) is 0 Å². The number of amides is 1. The van der Waals surface area contributed by atoms with Crippen molar-refractivity contribution in [3.8, 4) is 17.2 Å². The first-order valence-electron chi connectivity index (χ1n) is 9.88. The Morgan fingerprint density at radius 1 is 1.00 bits per heavy atom. The summed E-state index contributed by atoms with van der Waals surface area (Å²) >= 11 is 0. The van der Waals surface area contributed by atoms with Crippen LogP contribution in [-0.2, 0) is 9.53 Å². The molecule has 6 heteroatoms. The van der Waals surface area contributed by atoms with E-state index in [1.807, 2.05) is 54.6 Å². The first kappa shape index (κ1) is 20.2. The fourth-order valence-corrected chi connectivity index (χ4v) is 4.03. The number of alkyl carbamates (subject to hydrolysis) is 1. The number of rotatable bonds is 6. The van der Waals surface area contributed by atoms with E-state index >= 15 is 0 Å². The zero-order valence-electron chi connectivity index (χ0n) is 16.6. The van der Waals surface area contributed by atoms with Gasteiger partial charge in [-0.3, -0.25) is 0 Å². The first-order chi connectivity index (χ1) is 15.1. The molecule has 0 aliphatic heterocycles. The van der Waals surface area contributed by atoms with Crippen molar-refractivity contribution in [3.63, 3.8) is 0 Å². The van der Waals surface area contributed by atoms with Crippen molar-refractivity contribution in [2.45, 2.75) is 18.4 Å². The predicted molar refractivity (Wildman–Crippen MR) is 112 cm³/mol. The molecule has 3 aromatic carbocycles. The molecule has 0 saturated heterocycles. The SMILES string of the molecule is N#Cc1cccc([C@@H](CC(=O)[O-])NC(=O)OCC2c3ccccc3-c3ccccc32)c1. The maximum Gasteiger partial charge on any atom is 0.407 e. The van der Waals surface area contributed by atoms with Crippen LogP contribution >= 0.6 is 0 Å². The van der Waals surface area contributed by atoms with E-state index in [1.54, 1.807) is 18.2 Å². The van der Waals surface area contributed by atoms with Gasteiger partial charge in [0, 0.05) is 18.3 Å². The Hall–Kier alpha value is -4.11. The summed E-state index contributed by atoms with van der Waals surface area (Å²) in [5, 5.41) is 22.9. The number of benzene rings is 3. The van der Waals surface area contributed by atoms with Gasteiger partial charge in [-0.05, 0) is 39.9 Å². The van der Waals surface area contributed by atoms with Gasteiger partial charge in [0.05, 0.1) is 17.7 Å². The lowest BCUT2D eigenvalue weighted by Crippen LogP contribution is -2.35. The first-order valence-corrected chi connectivity index (χ1v) is 9.88. The summed E-state index contributed by atoms with van der Waals surface area (Å²) < 4.78 is 5.50. The minimum Gasteiger partial charge on any atom is -0.550 e. The normalized spacial score (nSPS) is 12.9. The van der Waals surface area contributed by atoms with Crippen LogP contribution in [-0.4, -0.2) is 18.7 Å². The Bertz CT molecular complexity index is 1140. The fourth-order valence-electron chi connectivity index (χ4n) is 4.03. The van der Waals surface area contributed by atoms with E-state index in [9.17, 15) is 14.7 Å². The molecule has 0 unspecified atom stereocenters. The van der Waals surface area contributed by atoms with Gasteiger partial charge in [-0.25, -0.2) is 4.79 Å². The molecule has 0 radical (unpaired) electrons. The molecule has 0 fully saturated rings. The number of nitrogens with one attached hydrogen (secondary N) is 1. The molecule has 1 aliphatic rings. The minimum atomic E-state index is -1.31. The molecule has 0 aromatic heterocycles. The molecule has 1 atom stereocenters. The fraction of sp³-hybridized carbons (Fsp3) is 0.160. The number of carbonyl (C=O) groups excluding carboxylic acids is 2. The summed E-state index contributed by atoms with van der Waals surface area (Å²) in [5.41, 5.74) is 5.28. The molecule has 0 saturated carbocycles. The van der Waals surface area contributed by atoms with Gasteiger partial charge in [-0.15, -0.1) is 0 Å². The largest absolute Gasteiger partial charge is 0.550 e. The van der Waals surface area contributed by atoms with E-state index in [2.05, 4.69) is 5.32 Å². The van der Waals surface area contributed by atoms with Gasteiger partial charge in [-0.1, -0.05) is 60.7 Å². The number of aliphatic carboxylic acids is 1. The van der Waals surface area contributed by atoms with E-state index < -0.39 is 24.5 Å². The quantitative estimate of drug-likeness (QED) is 0.671. The zero-order valence-corrected chi connectivity index (χ0v) is 16.6. The van der Waals surface area contributed by atoms with Crippen molar-refractivity contribution >= 4 is 12.1 Å². The Morgan fingerprint density at radius 3 is 2.26 bits per heavy atom. The van der Waals surface area contributed by atoms with E-state index in [0.29, 0.717) is 11.1 Å². The summed E-state index contributed by atoms with van der Waals surface area (Å²) in [6.45, 7) is 0.121. The summed E-state index contributed by atoms with van der Waals surface area (Å²) in [5.74, 6) is -1.41. The van der Waals surface area contributed by atoms with Gasteiger partial charge in [0.25, 0.3) is 0 Å². The van der Waals surface area contributed by atoms with Gasteiger partial charge >= 0.3 is 6.09 Å². The average molecular weight is 411 g/mol. The number of hydrogen-bond acceptors (Lipinski definition) is 5. The molecule has 31 heavy (non-hydrogen) atoms. The van der Waals surface area contributed by atoms with Crippen molar-refractivity contribution in [3.05, 3.63) is 95.1 Å². The van der Waals surface area contributed by atoms with Crippen molar-refractivity contribution in [1.29, 1.82) is 5.26 Å². The summed E-state index contributed by atoms with van der Waals surface area (Å²) in [4.78, 5) is 23.7. The second-order valence-electron chi connectivity index (χ2n) is 7.34. The Balaban J connectivity index is 1.49. The number of carboxylic acid groups (broad SMARTS) is 1. The molecule has 6 nitrogen and oxygen atoms in total. The third-order valence-electron chi connectivity index (χ3n) is 5.42. The van der Waals surface area contributed by atoms with Crippen LogP contribution in [0.1, 0.15) is 40.6 Å². The lowest BCUT2D eigenvalue weighted by molar-refractivity contribution is -0.306. The molecule has 1 amide bonds. The van der Waals surface area contributed by atoms with Gasteiger partial charge in [-0.2, -0.15) is 5.26 Å². The molecule has 1 N–H and O–H groups in total. The number of nitrogens with zero attached hydrogens (tertiary/aromatic N) is 1. The van der Waals surface area contributed by atoms with Crippen molar-refractivity contribution < 1.29 is 19.4 Å². The smallest absolute Gasteiger partial charge is 0.407 e. The lowest BCUT2D eigenvalue weighted by Gasteiger charge is -2.21. The maximum absolute atomic E-state index is 12.5. The highest BCUT2D eigenvalue weighted by molar-refractivity contribution is 5.79. The third-order valence-corrected chi connectivity index (χ3v) is 5.42. The number of carboxylic acids is 1. The lowest BCUT2D eigenvalue weighted by atomic mass is 9.98. The van der Waals surface area contributed by atoms with Crippen LogP contribution in [0.25, 0.3) is 11.1 Å². The van der Waals surface area contributed by atoms with E-state index in [4.69, 9.17) is 10.00 Å². The standard InChI is InChI=1S/C25H20N2O4/c26-14-16-6-5-7-17(12-16)23(13-24(28)29)27-25(30)31-15-22-20-10-3-1-8-18(20)19-9-2-4-11-21(19)22/h1-12,22-23H,13,15H2,(H,27,30)(H,28,29)/p-1/t23-/m1/s1. The molecule has 1 aliphatic carbocycles. The van der Waals surface area contributed by atoms with Gasteiger partial charge in [0.1, 0.15) is 6.61 Å². The van der Waals surface area contributed by atoms with Crippen molar-refractivity contribution in [1.82, 2.24) is 5.32 Å². The number of hydrogen-bond donors (Lipinski definition) is 1. The molecule has 154 valence electrons. The van der Waals surface area contributed by atoms with E-state index in [-0.39, 0.29) is 12.5 Å². The summed E-state index contributed by atoms with van der Waals surface area (Å²) in [7, 11) is 0. The second kappa shape index (κ2) is 8.72. The van der Waals surface area contributed by atoms with Gasteiger partial charge in [0.2, 0.25) is 0 Å². The Kier molecular flexibility index (Phi) is 5.67. The molecule has 4 rings (SSSR count). The molecule has 0 bridgehead atoms. The second-order valence-corrected chi connectivity index (χ2v) is 7.34. The monoisotopic (exact) mass is 411 g/mol. The number of fused-ring (bicyclic) bond motifs is 3. The average Bonchev–Trinajstić information content (AvgIpc) is 3.11. The van der Waals surface area contributed by atoms with Crippen molar-refractivity contribution in [2.75, 3.05) is 6.61 Å². The van der Waals surface area contributed by atoms with Gasteiger partial charge < -0.3 is 20.0 Å². The predicted octanol–water partition coefficient (Wildman–Crippen LogP) is 3.28. The summed E-state index contributed by atoms with van der Waals surface area (Å²) in [6, 6.07) is 23.6. The minimum absolute atomic E-state index is 0.0975. The molecular weight excluding hydrogens is 392 g/mol. The number of ether oxygens (including phenoxy) is 1. The highest BCUT2D eigenvalue weighted by atomic mass is 16.5. The Morgan fingerprint density at radius 2 is 1.65 bits per heavy atom. The highest BCUT2D eigenvalue weighted by Gasteiger charge is 2.29. The maximum atomic E-state index is 12.5. The van der Waals surface area contributed by atoms with Crippen LogP contribution in [0.3, 0.4) is 0 Å². The molecule has 3 aromatic rings. The third kappa shape index (κ3) is 4.26. The van der Waals surface area contributed by atoms with Crippen LogP contribution < -0.4 is 10.4 Å². The topological polar surface area (TPSA) is 102 Å². The van der Waals surface area contributed by atoms with Crippen LogP contribution in [0.15, 0.2) is 72.8 Å². The van der Waals surface area contributed by atoms with Crippen LogP contribution in [0.2, 0.25) is 0 Å². The number of nitriles is 1. The van der Waals surface area contributed by atoms with Crippen molar-refractivity contribution in [2.24, 2.45) is 0 Å². The molecular formula is C25H19N2O4-. The number of carbonyl (C=O) groups is 2. The zero-order chi connectivity index (χ0) is 21.8. The van der Waals surface area contributed by atoms with Crippen LogP contribution in [0.4, 0.5) is 4.79 Å². The van der Waals surface area contributed by atoms with Crippen LogP contribution in [0, 0.1) is 11.3 Å². The van der Waals surface area contributed by atoms with E-state index in [0.717, 1.165) is 22.3 Å². The van der Waals surface area contributed by atoms with Gasteiger partial charge in [0.15, 0.2) is 0 Å². The van der Waals surface area contributed by atoms with E-state index in [1.165, 1.54) is 6.07 Å². The Labute approximate surface area is 179 Å². The molecule has 0 spiro atoms. The molecule has 0 heterocycles. The summed E-state index contributed by atoms with van der Waals surface area (Å²) in [6.07, 6.45) is -1.16. The highest BCUT2D eigenvalue weighted by Crippen LogP contribution is 2.44.